The van der Waals surface area contributed by atoms with Gasteiger partial charge in [-0.1, -0.05) is 24.3 Å². The normalized spacial score (nSPS) is 11.0. The summed E-state index contributed by atoms with van der Waals surface area (Å²) in [5, 5.41) is 21.7. The number of fused-ring (bicyclic) bond motifs is 2. The quantitative estimate of drug-likeness (QED) is 0.273. The Kier molecular flexibility index (Phi) is 4.82. The van der Waals surface area contributed by atoms with Crippen molar-refractivity contribution in [1.29, 1.82) is 0 Å². The summed E-state index contributed by atoms with van der Waals surface area (Å²) in [6.45, 7) is 0.226. The molecule has 146 valence electrons. The van der Waals surface area contributed by atoms with Crippen molar-refractivity contribution in [3.05, 3.63) is 64.7 Å². The summed E-state index contributed by atoms with van der Waals surface area (Å²) < 4.78 is 11.6. The number of benzene rings is 3. The van der Waals surface area contributed by atoms with Crippen LogP contribution < -0.4 is 4.74 Å². The standard InChI is InChI=1S/C21H16N2O6/c24-20(25)6-3-9-28-18-11-14-5-2-1-4-13(14)10-16(18)21-22-17-8-7-15(23(26)27)12-19(17)29-21/h1-2,4-5,7-8,10-12H,3,6,9H2,(H,24,25). The van der Waals surface area contributed by atoms with Crippen LogP contribution in [0.4, 0.5) is 5.69 Å². The van der Waals surface area contributed by atoms with Crippen LogP contribution in [0.25, 0.3) is 33.3 Å². The number of hydrogen-bond donors (Lipinski definition) is 1. The van der Waals surface area contributed by atoms with Gasteiger partial charge in [-0.05, 0) is 35.4 Å². The van der Waals surface area contributed by atoms with E-state index in [1.807, 2.05) is 36.4 Å². The predicted octanol–water partition coefficient (Wildman–Crippen LogP) is 4.80. The fraction of sp³-hybridized carbons (Fsp3) is 0.143. The Morgan fingerprint density at radius 3 is 2.62 bits per heavy atom. The van der Waals surface area contributed by atoms with Crippen molar-refractivity contribution in [2.75, 3.05) is 6.61 Å². The van der Waals surface area contributed by atoms with E-state index in [-0.39, 0.29) is 24.6 Å². The lowest BCUT2D eigenvalue weighted by Crippen LogP contribution is -2.03. The lowest BCUT2D eigenvalue weighted by molar-refractivity contribution is -0.384. The van der Waals surface area contributed by atoms with Crippen LogP contribution in [-0.2, 0) is 4.79 Å². The molecule has 0 saturated carbocycles. The SMILES string of the molecule is O=C(O)CCCOc1cc2ccccc2cc1-c1nc2ccc([N+](=O)[O-])cc2o1. The summed E-state index contributed by atoms with van der Waals surface area (Å²) in [4.78, 5) is 25.7. The number of carboxylic acids is 1. The summed E-state index contributed by atoms with van der Waals surface area (Å²) in [5.74, 6) is -0.0949. The van der Waals surface area contributed by atoms with E-state index in [0.29, 0.717) is 28.8 Å². The van der Waals surface area contributed by atoms with Crippen molar-refractivity contribution in [1.82, 2.24) is 4.98 Å². The molecule has 0 aliphatic carbocycles. The highest BCUT2D eigenvalue weighted by molar-refractivity contribution is 5.90. The smallest absolute Gasteiger partial charge is 0.303 e. The molecule has 0 saturated heterocycles. The Bertz CT molecular complexity index is 1230. The zero-order valence-corrected chi connectivity index (χ0v) is 15.2. The highest BCUT2D eigenvalue weighted by atomic mass is 16.6. The minimum absolute atomic E-state index is 0.00939. The van der Waals surface area contributed by atoms with Crippen molar-refractivity contribution in [3.8, 4) is 17.2 Å². The van der Waals surface area contributed by atoms with Crippen LogP contribution in [0.15, 0.2) is 59.0 Å². The average Bonchev–Trinajstić information content (AvgIpc) is 3.13. The molecule has 0 aliphatic rings. The first-order valence-corrected chi connectivity index (χ1v) is 8.94. The molecule has 0 fully saturated rings. The molecule has 1 heterocycles. The molecule has 8 heteroatoms. The second-order valence-electron chi connectivity index (χ2n) is 6.47. The molecular weight excluding hydrogens is 376 g/mol. The maximum absolute atomic E-state index is 11.0. The Labute approximate surface area is 164 Å². The van der Waals surface area contributed by atoms with Crippen LogP contribution in [0.5, 0.6) is 5.75 Å². The molecule has 0 amide bonds. The topological polar surface area (TPSA) is 116 Å². The molecule has 4 rings (SSSR count). The largest absolute Gasteiger partial charge is 0.493 e. The molecule has 8 nitrogen and oxygen atoms in total. The van der Waals surface area contributed by atoms with Crippen LogP contribution in [0.2, 0.25) is 0 Å². The number of ether oxygens (including phenoxy) is 1. The highest BCUT2D eigenvalue weighted by Gasteiger charge is 2.17. The van der Waals surface area contributed by atoms with Gasteiger partial charge in [-0.25, -0.2) is 4.98 Å². The van der Waals surface area contributed by atoms with Gasteiger partial charge < -0.3 is 14.3 Å². The number of carboxylic acid groups (broad SMARTS) is 1. The second-order valence-corrected chi connectivity index (χ2v) is 6.47. The van der Waals surface area contributed by atoms with Crippen molar-refractivity contribution in [3.63, 3.8) is 0 Å². The van der Waals surface area contributed by atoms with Crippen molar-refractivity contribution < 1.29 is 24.0 Å². The van der Waals surface area contributed by atoms with Gasteiger partial charge in [-0.3, -0.25) is 14.9 Å². The average molecular weight is 392 g/mol. The Balaban J connectivity index is 1.76. The number of nitrogens with zero attached hydrogens (tertiary/aromatic N) is 2. The lowest BCUT2D eigenvalue weighted by atomic mass is 10.1. The van der Waals surface area contributed by atoms with Crippen molar-refractivity contribution in [2.24, 2.45) is 0 Å². The van der Waals surface area contributed by atoms with E-state index in [1.165, 1.54) is 18.2 Å². The molecule has 29 heavy (non-hydrogen) atoms. The first-order valence-electron chi connectivity index (χ1n) is 8.94. The van der Waals surface area contributed by atoms with E-state index in [9.17, 15) is 14.9 Å². The van der Waals surface area contributed by atoms with Crippen LogP contribution in [-0.4, -0.2) is 27.6 Å². The van der Waals surface area contributed by atoms with Crippen LogP contribution >= 0.6 is 0 Å². The molecule has 0 atom stereocenters. The summed E-state index contributed by atoms with van der Waals surface area (Å²) in [6, 6.07) is 15.7. The van der Waals surface area contributed by atoms with Gasteiger partial charge in [0.2, 0.25) is 5.89 Å². The van der Waals surface area contributed by atoms with E-state index in [2.05, 4.69) is 4.98 Å². The summed E-state index contributed by atoms with van der Waals surface area (Å²) >= 11 is 0. The maximum atomic E-state index is 11.0. The molecule has 0 bridgehead atoms. The third kappa shape index (κ3) is 3.86. The van der Waals surface area contributed by atoms with Gasteiger partial charge in [0.15, 0.2) is 5.58 Å². The fourth-order valence-electron chi connectivity index (χ4n) is 3.05. The van der Waals surface area contributed by atoms with E-state index in [1.54, 1.807) is 0 Å². The Hall–Kier alpha value is -3.94. The van der Waals surface area contributed by atoms with E-state index in [0.717, 1.165) is 10.8 Å². The lowest BCUT2D eigenvalue weighted by Gasteiger charge is -2.11. The van der Waals surface area contributed by atoms with Gasteiger partial charge in [0.25, 0.3) is 5.69 Å². The molecule has 4 aromatic rings. The van der Waals surface area contributed by atoms with Crippen LogP contribution in [0.3, 0.4) is 0 Å². The molecule has 1 N–H and O–H groups in total. The molecule has 0 radical (unpaired) electrons. The van der Waals surface area contributed by atoms with Gasteiger partial charge in [-0.2, -0.15) is 0 Å². The van der Waals surface area contributed by atoms with Gasteiger partial charge >= 0.3 is 5.97 Å². The molecule has 3 aromatic carbocycles. The first-order chi connectivity index (χ1) is 14.0. The predicted molar refractivity (Wildman–Crippen MR) is 106 cm³/mol. The number of non-ortho nitro benzene ring substituents is 1. The zero-order chi connectivity index (χ0) is 20.4. The minimum Gasteiger partial charge on any atom is -0.493 e. The summed E-state index contributed by atoms with van der Waals surface area (Å²) in [6.07, 6.45) is 0.372. The number of hydrogen-bond acceptors (Lipinski definition) is 6. The molecule has 1 aromatic heterocycles. The van der Waals surface area contributed by atoms with E-state index >= 15 is 0 Å². The third-order valence-electron chi connectivity index (χ3n) is 4.45. The number of aromatic nitrogens is 1. The van der Waals surface area contributed by atoms with E-state index in [4.69, 9.17) is 14.3 Å². The van der Waals surface area contributed by atoms with Crippen LogP contribution in [0, 0.1) is 10.1 Å². The van der Waals surface area contributed by atoms with Gasteiger partial charge in [-0.15, -0.1) is 0 Å². The second kappa shape index (κ2) is 7.59. The molecule has 0 unspecified atom stereocenters. The number of aliphatic carboxylic acids is 1. The Morgan fingerprint density at radius 2 is 1.90 bits per heavy atom. The molecular formula is C21H16N2O6. The Morgan fingerprint density at radius 1 is 1.14 bits per heavy atom. The van der Waals surface area contributed by atoms with Crippen molar-refractivity contribution >= 4 is 33.5 Å². The maximum Gasteiger partial charge on any atom is 0.303 e. The van der Waals surface area contributed by atoms with Gasteiger partial charge in [0.05, 0.1) is 23.2 Å². The molecule has 0 spiro atoms. The van der Waals surface area contributed by atoms with E-state index < -0.39 is 10.9 Å². The molecule has 0 aliphatic heterocycles. The summed E-state index contributed by atoms with van der Waals surface area (Å²) in [7, 11) is 0. The number of carbonyl (C=O) groups is 1. The number of nitro groups is 1. The first kappa shape index (κ1) is 18.4. The monoisotopic (exact) mass is 392 g/mol. The fourth-order valence-corrected chi connectivity index (χ4v) is 3.05. The number of rotatable bonds is 7. The highest BCUT2D eigenvalue weighted by Crippen LogP contribution is 2.36. The third-order valence-corrected chi connectivity index (χ3v) is 4.45. The number of nitro benzene ring substituents is 1. The summed E-state index contributed by atoms with van der Waals surface area (Å²) in [5.41, 5.74) is 1.32. The van der Waals surface area contributed by atoms with Gasteiger partial charge in [0.1, 0.15) is 11.3 Å². The zero-order valence-electron chi connectivity index (χ0n) is 15.2. The number of oxazole rings is 1. The van der Waals surface area contributed by atoms with Crippen molar-refractivity contribution in [2.45, 2.75) is 12.8 Å². The van der Waals surface area contributed by atoms with Gasteiger partial charge in [0, 0.05) is 12.5 Å². The van der Waals surface area contributed by atoms with Crippen LogP contribution in [0.1, 0.15) is 12.8 Å². The minimum atomic E-state index is -0.882.